The van der Waals surface area contributed by atoms with Gasteiger partial charge in [0.15, 0.2) is 6.54 Å². The van der Waals surface area contributed by atoms with Crippen molar-refractivity contribution in [3.63, 3.8) is 0 Å². The molecule has 5 nitrogen and oxygen atoms in total. The second-order valence-corrected chi connectivity index (χ2v) is 5.16. The number of rotatable bonds is 4. The third-order valence-electron chi connectivity index (χ3n) is 3.87. The van der Waals surface area contributed by atoms with E-state index < -0.39 is 0 Å². The van der Waals surface area contributed by atoms with Crippen LogP contribution in [0, 0.1) is 6.92 Å². The fraction of sp³-hybridized carbons (Fsp3) is 0.333. The van der Waals surface area contributed by atoms with Crippen molar-refractivity contribution in [3.05, 3.63) is 47.3 Å². The summed E-state index contributed by atoms with van der Waals surface area (Å²) in [5.74, 6) is 0.643. The summed E-state index contributed by atoms with van der Waals surface area (Å²) in [4.78, 5) is 8.82. The third kappa shape index (κ3) is 2.86. The van der Waals surface area contributed by atoms with Crippen molar-refractivity contribution in [1.29, 1.82) is 0 Å². The summed E-state index contributed by atoms with van der Waals surface area (Å²) < 4.78 is 2.01. The van der Waals surface area contributed by atoms with Crippen LogP contribution >= 0.6 is 0 Å². The normalized spacial score (nSPS) is 12.7. The molecular formula is C18H24N5+. The van der Waals surface area contributed by atoms with Gasteiger partial charge in [0, 0.05) is 30.0 Å². The lowest BCUT2D eigenvalue weighted by molar-refractivity contribution is -0.521. The number of fused-ring (bicyclic) bond motifs is 1. The van der Waals surface area contributed by atoms with Crippen molar-refractivity contribution in [2.45, 2.75) is 28.2 Å². The molecule has 1 N–H and O–H groups in total. The van der Waals surface area contributed by atoms with Gasteiger partial charge in [0.25, 0.3) is 5.69 Å². The van der Waals surface area contributed by atoms with Gasteiger partial charge in [-0.25, -0.2) is 9.97 Å². The first-order valence-electron chi connectivity index (χ1n) is 7.49. The molecule has 3 rings (SSSR count). The van der Waals surface area contributed by atoms with Crippen LogP contribution < -0.4 is 5.32 Å². The minimum Gasteiger partial charge on any atom is -0.357 e. The Morgan fingerprint density at radius 1 is 1.35 bits per heavy atom. The molecule has 5 heteroatoms. The lowest BCUT2D eigenvalue weighted by Crippen LogP contribution is -2.09. The molecule has 0 saturated heterocycles. The summed E-state index contributed by atoms with van der Waals surface area (Å²) in [6, 6.07) is 6.36. The number of allylic oxidation sites excluding steroid dienone is 1. The molecule has 1 aromatic carbocycles. The van der Waals surface area contributed by atoms with Crippen molar-refractivity contribution < 1.29 is 4.70 Å². The maximum absolute atomic E-state index is 4.48. The van der Waals surface area contributed by atoms with Gasteiger partial charge < -0.3 is 5.32 Å². The van der Waals surface area contributed by atoms with E-state index in [2.05, 4.69) is 51.6 Å². The van der Waals surface area contributed by atoms with Gasteiger partial charge in [-0.3, -0.25) is 0 Å². The molecular weight excluding hydrogens is 286 g/mol. The van der Waals surface area contributed by atoms with Gasteiger partial charge in [-0.15, -0.1) is 0 Å². The van der Waals surface area contributed by atoms with Gasteiger partial charge in [-0.2, -0.15) is 0 Å². The maximum atomic E-state index is 4.48. The van der Waals surface area contributed by atoms with Crippen molar-refractivity contribution in [2.75, 3.05) is 18.9 Å². The minimum atomic E-state index is 0. The van der Waals surface area contributed by atoms with Crippen molar-refractivity contribution >= 4 is 22.9 Å². The zero-order valence-corrected chi connectivity index (χ0v) is 13.4. The molecule has 0 spiro atoms. The predicted molar refractivity (Wildman–Crippen MR) is 94.8 cm³/mol. The minimum absolute atomic E-state index is 0. The van der Waals surface area contributed by atoms with E-state index in [-0.39, 0.29) is 7.43 Å². The average molecular weight is 310 g/mol. The lowest BCUT2D eigenvalue weighted by atomic mass is 9.96. The quantitative estimate of drug-likeness (QED) is 0.834. The third-order valence-corrected chi connectivity index (χ3v) is 3.87. The van der Waals surface area contributed by atoms with Crippen LogP contribution in [-0.2, 0) is 0 Å². The summed E-state index contributed by atoms with van der Waals surface area (Å²) in [6.45, 7) is 7.04. The van der Waals surface area contributed by atoms with E-state index in [1.807, 2.05) is 31.8 Å². The van der Waals surface area contributed by atoms with E-state index in [0.717, 1.165) is 29.1 Å². The highest BCUT2D eigenvalue weighted by molar-refractivity contribution is 5.83. The molecule has 0 saturated carbocycles. The number of hydrogen-bond donors (Lipinski definition) is 1. The van der Waals surface area contributed by atoms with Crippen molar-refractivity contribution in [2.24, 2.45) is 5.11 Å². The molecule has 0 fully saturated rings. The Hall–Kier alpha value is -2.56. The van der Waals surface area contributed by atoms with Crippen molar-refractivity contribution in [3.8, 4) is 0 Å². The molecule has 0 amide bonds. The van der Waals surface area contributed by atoms with Crippen LogP contribution in [0.15, 0.2) is 35.6 Å². The fourth-order valence-electron chi connectivity index (χ4n) is 2.69. The summed E-state index contributed by atoms with van der Waals surface area (Å²) in [5, 5.41) is 7.39. The largest absolute Gasteiger partial charge is 0.357 e. The van der Waals surface area contributed by atoms with Crippen molar-refractivity contribution in [1.82, 2.24) is 9.97 Å². The van der Waals surface area contributed by atoms with Crippen LogP contribution in [0.2, 0.25) is 0 Å². The summed E-state index contributed by atoms with van der Waals surface area (Å²) >= 11 is 0. The monoisotopic (exact) mass is 310 g/mol. The molecule has 2 aromatic rings. The van der Waals surface area contributed by atoms with E-state index in [1.165, 1.54) is 11.3 Å². The number of azo groups is 2. The SMILES string of the molecule is C.C/C=C(/c1ccc2c(c1)[N+](CC)=N2)c1cnc(NC)nc1C. The molecule has 0 bridgehead atoms. The van der Waals surface area contributed by atoms with E-state index in [4.69, 9.17) is 0 Å². The van der Waals surface area contributed by atoms with Crippen LogP contribution in [-0.4, -0.2) is 28.3 Å². The van der Waals surface area contributed by atoms with Gasteiger partial charge >= 0.3 is 0 Å². The molecule has 1 aliphatic heterocycles. The number of benzene rings is 1. The Labute approximate surface area is 137 Å². The Morgan fingerprint density at radius 3 is 2.74 bits per heavy atom. The lowest BCUT2D eigenvalue weighted by Gasteiger charge is -2.14. The fourth-order valence-corrected chi connectivity index (χ4v) is 2.69. The number of nitrogens with zero attached hydrogens (tertiary/aromatic N) is 4. The number of nitrogens with one attached hydrogen (secondary N) is 1. The summed E-state index contributed by atoms with van der Waals surface area (Å²) in [6.07, 6.45) is 3.99. The molecule has 120 valence electrons. The van der Waals surface area contributed by atoms with Crippen LogP contribution in [0.3, 0.4) is 0 Å². The molecule has 23 heavy (non-hydrogen) atoms. The van der Waals surface area contributed by atoms with Gasteiger partial charge in [-0.1, -0.05) is 24.3 Å². The number of hydrogen-bond acceptors (Lipinski definition) is 4. The number of anilines is 1. The zero-order chi connectivity index (χ0) is 15.7. The highest BCUT2D eigenvalue weighted by atomic mass is 15.3. The standard InChI is InChI=1S/C17H20N5.CH4/c1-5-13(14-10-19-17(18-4)20-11(14)3)12-7-8-15-16(9-12)22(6-2)21-15;/h5,7-10H,6H2,1-4H3,(H,18,19,20);1H4/q+1;/b13-5-;. The van der Waals surface area contributed by atoms with Crippen LogP contribution in [0.5, 0.6) is 0 Å². The topological polar surface area (TPSA) is 53.2 Å². The molecule has 0 unspecified atom stereocenters. The van der Waals surface area contributed by atoms with Crippen LogP contribution in [0.25, 0.3) is 5.57 Å². The van der Waals surface area contributed by atoms with Crippen LogP contribution in [0.4, 0.5) is 17.3 Å². The summed E-state index contributed by atoms with van der Waals surface area (Å²) in [7, 11) is 1.82. The molecule has 0 aliphatic carbocycles. The highest BCUT2D eigenvalue weighted by Gasteiger charge is 2.27. The first-order valence-corrected chi connectivity index (χ1v) is 7.49. The van der Waals surface area contributed by atoms with Crippen LogP contribution in [0.1, 0.15) is 38.1 Å². The maximum Gasteiger partial charge on any atom is 0.264 e. The zero-order valence-electron chi connectivity index (χ0n) is 13.4. The average Bonchev–Trinajstić information content (AvgIpc) is 2.52. The Morgan fingerprint density at radius 2 is 2.13 bits per heavy atom. The smallest absolute Gasteiger partial charge is 0.264 e. The second-order valence-electron chi connectivity index (χ2n) is 5.16. The number of aromatic nitrogens is 2. The van der Waals surface area contributed by atoms with Gasteiger partial charge in [0.2, 0.25) is 11.6 Å². The van der Waals surface area contributed by atoms with Gasteiger partial charge in [-0.05, 0) is 38.0 Å². The Kier molecular flexibility index (Phi) is 4.89. The first-order chi connectivity index (χ1) is 10.7. The molecule has 0 atom stereocenters. The Balaban J connectivity index is 0.00000192. The molecule has 0 radical (unpaired) electrons. The second kappa shape index (κ2) is 6.69. The molecule has 2 heterocycles. The van der Waals surface area contributed by atoms with E-state index in [9.17, 15) is 0 Å². The molecule has 1 aliphatic rings. The summed E-state index contributed by atoms with van der Waals surface area (Å²) in [5.41, 5.74) is 6.57. The first kappa shape index (κ1) is 16.8. The van der Waals surface area contributed by atoms with E-state index >= 15 is 0 Å². The van der Waals surface area contributed by atoms with Gasteiger partial charge in [0.1, 0.15) is 0 Å². The van der Waals surface area contributed by atoms with E-state index in [1.54, 1.807) is 0 Å². The Bertz CT molecular complexity index is 790. The molecule has 1 aromatic heterocycles. The number of aryl methyl sites for hydroxylation is 1. The highest BCUT2D eigenvalue weighted by Crippen LogP contribution is 2.39. The van der Waals surface area contributed by atoms with E-state index in [0.29, 0.717) is 5.95 Å². The van der Waals surface area contributed by atoms with Gasteiger partial charge in [0.05, 0.1) is 5.69 Å². The predicted octanol–water partition coefficient (Wildman–Crippen LogP) is 4.68.